The molecule has 0 radical (unpaired) electrons. The van der Waals surface area contributed by atoms with E-state index in [1.807, 2.05) is 12.3 Å². The molecule has 2 heterocycles. The molecule has 3 aromatic rings. The summed E-state index contributed by atoms with van der Waals surface area (Å²) in [6.45, 7) is 2.05. The van der Waals surface area contributed by atoms with E-state index in [1.165, 1.54) is 33.9 Å². The molecule has 108 valence electrons. The molecule has 2 aromatic heterocycles. The number of nitrogens with one attached hydrogen (secondary N) is 1. The van der Waals surface area contributed by atoms with Crippen molar-refractivity contribution in [2.75, 3.05) is 5.32 Å². The maximum atomic E-state index is 13.1. The number of thiazole rings is 1. The molecule has 0 atom stereocenters. The molecule has 0 saturated carbocycles. The molecule has 1 aromatic carbocycles. The number of aryl methyl sites for hydroxylation is 1. The molecule has 1 N–H and O–H groups in total. The zero-order chi connectivity index (χ0) is 15.0. The summed E-state index contributed by atoms with van der Waals surface area (Å²) in [6.07, 6.45) is 0. The van der Waals surface area contributed by atoms with Crippen LogP contribution in [0.25, 0.3) is 4.96 Å². The number of anilines is 1. The van der Waals surface area contributed by atoms with Gasteiger partial charge in [-0.2, -0.15) is 0 Å². The summed E-state index contributed by atoms with van der Waals surface area (Å²) in [7, 11) is 0. The Morgan fingerprint density at radius 3 is 2.67 bits per heavy atom. The average molecular weight is 307 g/mol. The third kappa shape index (κ3) is 2.78. The van der Waals surface area contributed by atoms with Crippen LogP contribution < -0.4 is 10.9 Å². The summed E-state index contributed by atoms with van der Waals surface area (Å²) >= 11 is 1.37. The Hall–Kier alpha value is -2.28. The van der Waals surface area contributed by atoms with E-state index in [1.54, 1.807) is 0 Å². The zero-order valence-electron chi connectivity index (χ0n) is 11.1. The largest absolute Gasteiger partial charge is 0.379 e. The molecule has 0 aliphatic carbocycles. The first kappa shape index (κ1) is 13.7. The third-order valence-corrected chi connectivity index (χ3v) is 3.91. The number of hydrogen-bond donors (Lipinski definition) is 1. The molecule has 0 spiro atoms. The molecule has 0 aliphatic rings. The van der Waals surface area contributed by atoms with Crippen molar-refractivity contribution in [1.29, 1.82) is 0 Å². The van der Waals surface area contributed by atoms with E-state index in [-0.39, 0.29) is 12.1 Å². The van der Waals surface area contributed by atoms with Crippen molar-refractivity contribution >= 4 is 22.0 Å². The van der Waals surface area contributed by atoms with E-state index >= 15 is 0 Å². The Morgan fingerprint density at radius 1 is 1.24 bits per heavy atom. The van der Waals surface area contributed by atoms with E-state index < -0.39 is 11.6 Å². The van der Waals surface area contributed by atoms with Crippen LogP contribution in [0, 0.1) is 18.6 Å². The first-order valence-electron chi connectivity index (χ1n) is 6.20. The second kappa shape index (κ2) is 5.25. The molecule has 0 unspecified atom stereocenters. The maximum Gasteiger partial charge on any atom is 0.259 e. The van der Waals surface area contributed by atoms with Gasteiger partial charge in [0.2, 0.25) is 0 Å². The SMILES string of the molecule is Cc1csc2nc(CNc3cc(F)cc(F)c3)cc(=O)n12. The number of halogens is 2. The molecule has 7 heteroatoms. The van der Waals surface area contributed by atoms with Crippen molar-refractivity contribution in [3.05, 3.63) is 63.0 Å². The topological polar surface area (TPSA) is 46.4 Å². The van der Waals surface area contributed by atoms with Crippen LogP contribution in [-0.4, -0.2) is 9.38 Å². The molecule has 3 rings (SSSR count). The molecule has 0 saturated heterocycles. The highest BCUT2D eigenvalue weighted by atomic mass is 32.1. The molecular weight excluding hydrogens is 296 g/mol. The van der Waals surface area contributed by atoms with Gasteiger partial charge in [0, 0.05) is 28.9 Å². The minimum Gasteiger partial charge on any atom is -0.379 e. The summed E-state index contributed by atoms with van der Waals surface area (Å²) < 4.78 is 27.7. The van der Waals surface area contributed by atoms with E-state index in [9.17, 15) is 13.6 Å². The van der Waals surface area contributed by atoms with Crippen LogP contribution in [0.2, 0.25) is 0 Å². The van der Waals surface area contributed by atoms with Crippen LogP contribution in [-0.2, 0) is 6.54 Å². The Balaban J connectivity index is 1.86. The molecule has 21 heavy (non-hydrogen) atoms. The monoisotopic (exact) mass is 307 g/mol. The van der Waals surface area contributed by atoms with Gasteiger partial charge in [-0.25, -0.2) is 13.8 Å². The highest BCUT2D eigenvalue weighted by Gasteiger charge is 2.07. The van der Waals surface area contributed by atoms with Crippen LogP contribution in [0.4, 0.5) is 14.5 Å². The standard InChI is InChI=1S/C14H11F2N3OS/c1-8-7-21-14-18-12(5-13(20)19(8)14)6-17-11-3-9(15)2-10(16)4-11/h2-5,7,17H,6H2,1H3. The quantitative estimate of drug-likeness (QED) is 0.809. The van der Waals surface area contributed by atoms with Gasteiger partial charge in [0.1, 0.15) is 11.6 Å². The summed E-state index contributed by atoms with van der Waals surface area (Å²) in [5.74, 6) is -1.32. The van der Waals surface area contributed by atoms with Gasteiger partial charge in [0.15, 0.2) is 4.96 Å². The van der Waals surface area contributed by atoms with Gasteiger partial charge < -0.3 is 5.32 Å². The Morgan fingerprint density at radius 2 is 1.95 bits per heavy atom. The van der Waals surface area contributed by atoms with Crippen LogP contribution in [0.1, 0.15) is 11.4 Å². The lowest BCUT2D eigenvalue weighted by Crippen LogP contribution is -2.16. The van der Waals surface area contributed by atoms with Gasteiger partial charge in [-0.1, -0.05) is 0 Å². The van der Waals surface area contributed by atoms with Crippen molar-refractivity contribution in [1.82, 2.24) is 9.38 Å². The summed E-state index contributed by atoms with van der Waals surface area (Å²) in [5, 5.41) is 4.71. The number of fused-ring (bicyclic) bond motifs is 1. The normalized spacial score (nSPS) is 11.0. The predicted molar refractivity (Wildman–Crippen MR) is 77.8 cm³/mol. The number of benzene rings is 1. The lowest BCUT2D eigenvalue weighted by molar-refractivity contribution is 0.584. The molecule has 0 amide bonds. The highest BCUT2D eigenvalue weighted by Crippen LogP contribution is 2.15. The minimum atomic E-state index is -0.658. The molecule has 4 nitrogen and oxygen atoms in total. The van der Waals surface area contributed by atoms with Gasteiger partial charge in [-0.3, -0.25) is 9.20 Å². The summed E-state index contributed by atoms with van der Waals surface area (Å²) in [5.41, 5.74) is 1.49. The lowest BCUT2D eigenvalue weighted by atomic mass is 10.3. The van der Waals surface area contributed by atoms with Crippen molar-refractivity contribution < 1.29 is 8.78 Å². The van der Waals surface area contributed by atoms with Crippen molar-refractivity contribution in [3.63, 3.8) is 0 Å². The van der Waals surface area contributed by atoms with Gasteiger partial charge in [0.05, 0.1) is 12.2 Å². The van der Waals surface area contributed by atoms with E-state index in [4.69, 9.17) is 0 Å². The number of aromatic nitrogens is 2. The fourth-order valence-electron chi connectivity index (χ4n) is 2.04. The van der Waals surface area contributed by atoms with Crippen LogP contribution in [0.3, 0.4) is 0 Å². The lowest BCUT2D eigenvalue weighted by Gasteiger charge is -2.06. The van der Waals surface area contributed by atoms with Crippen LogP contribution in [0.5, 0.6) is 0 Å². The van der Waals surface area contributed by atoms with Crippen LogP contribution >= 0.6 is 11.3 Å². The number of rotatable bonds is 3. The molecule has 0 bridgehead atoms. The second-order valence-electron chi connectivity index (χ2n) is 4.59. The van der Waals surface area contributed by atoms with Crippen LogP contribution in [0.15, 0.2) is 34.4 Å². The Kier molecular flexibility index (Phi) is 3.42. The van der Waals surface area contributed by atoms with Crippen molar-refractivity contribution in [2.45, 2.75) is 13.5 Å². The van der Waals surface area contributed by atoms with Crippen molar-refractivity contribution in [3.8, 4) is 0 Å². The van der Waals surface area contributed by atoms with Gasteiger partial charge in [-0.05, 0) is 19.1 Å². The highest BCUT2D eigenvalue weighted by molar-refractivity contribution is 7.15. The third-order valence-electron chi connectivity index (χ3n) is 2.96. The molecule has 0 aliphatic heterocycles. The number of hydrogen-bond acceptors (Lipinski definition) is 4. The summed E-state index contributed by atoms with van der Waals surface area (Å²) in [4.78, 5) is 16.9. The predicted octanol–water partition coefficient (Wildman–Crippen LogP) is 2.95. The minimum absolute atomic E-state index is 0.166. The second-order valence-corrected chi connectivity index (χ2v) is 5.43. The first-order valence-corrected chi connectivity index (χ1v) is 7.07. The molecular formula is C14H11F2N3OS. The summed E-state index contributed by atoms with van der Waals surface area (Å²) in [6, 6.07) is 4.58. The van der Waals surface area contributed by atoms with Gasteiger partial charge in [-0.15, -0.1) is 11.3 Å². The first-order chi connectivity index (χ1) is 10.0. The van der Waals surface area contributed by atoms with Gasteiger partial charge in [0.25, 0.3) is 5.56 Å². The van der Waals surface area contributed by atoms with E-state index in [2.05, 4.69) is 10.3 Å². The average Bonchev–Trinajstić information content (AvgIpc) is 2.77. The van der Waals surface area contributed by atoms with Crippen molar-refractivity contribution in [2.24, 2.45) is 0 Å². The van der Waals surface area contributed by atoms with Gasteiger partial charge >= 0.3 is 0 Å². The smallest absolute Gasteiger partial charge is 0.259 e. The zero-order valence-corrected chi connectivity index (χ0v) is 11.9. The Labute approximate surface area is 122 Å². The maximum absolute atomic E-state index is 13.1. The van der Waals surface area contributed by atoms with E-state index in [0.29, 0.717) is 16.3 Å². The number of nitrogens with zero attached hydrogens (tertiary/aromatic N) is 2. The molecule has 0 fully saturated rings. The fourth-order valence-corrected chi connectivity index (χ4v) is 2.93. The van der Waals surface area contributed by atoms with E-state index in [0.717, 1.165) is 11.8 Å². The Bertz CT molecular complexity index is 852. The fraction of sp³-hybridized carbons (Fsp3) is 0.143.